The SMILES string of the molecule is COCCN=C(NN)N(C)Cc1ccoc1C. The van der Waals surface area contributed by atoms with Crippen LogP contribution >= 0.6 is 0 Å². The number of rotatable bonds is 5. The molecule has 1 rings (SSSR count). The first-order valence-electron chi connectivity index (χ1n) is 5.43. The third-order valence-electron chi connectivity index (χ3n) is 2.42. The van der Waals surface area contributed by atoms with E-state index >= 15 is 0 Å². The summed E-state index contributed by atoms with van der Waals surface area (Å²) in [6, 6.07) is 1.94. The third kappa shape index (κ3) is 4.08. The number of aliphatic imine (C=N–C) groups is 1. The average molecular weight is 240 g/mol. The number of hydrazine groups is 1. The summed E-state index contributed by atoms with van der Waals surface area (Å²) in [6.45, 7) is 3.77. The van der Waals surface area contributed by atoms with Crippen LogP contribution in [0.1, 0.15) is 11.3 Å². The first-order valence-corrected chi connectivity index (χ1v) is 5.43. The van der Waals surface area contributed by atoms with Crippen molar-refractivity contribution in [3.8, 4) is 0 Å². The standard InChI is InChI=1S/C11H20N4O2/c1-9-10(4-6-17-9)8-15(2)11(14-12)13-5-7-16-3/h4,6H,5,7-8,12H2,1-3H3,(H,13,14). The molecule has 1 aromatic heterocycles. The minimum atomic E-state index is 0.573. The van der Waals surface area contributed by atoms with Crippen molar-refractivity contribution in [2.45, 2.75) is 13.5 Å². The summed E-state index contributed by atoms with van der Waals surface area (Å²) in [5.41, 5.74) is 3.70. The van der Waals surface area contributed by atoms with Gasteiger partial charge in [0.05, 0.1) is 19.4 Å². The number of furan rings is 1. The van der Waals surface area contributed by atoms with Crippen LogP contribution in [0.2, 0.25) is 0 Å². The van der Waals surface area contributed by atoms with Gasteiger partial charge in [0, 0.05) is 26.3 Å². The lowest BCUT2D eigenvalue weighted by Crippen LogP contribution is -2.42. The molecule has 0 aliphatic rings. The Balaban J connectivity index is 2.57. The predicted octanol–water partition coefficient (Wildman–Crippen LogP) is 0.486. The van der Waals surface area contributed by atoms with Gasteiger partial charge in [-0.25, -0.2) is 10.8 Å². The van der Waals surface area contributed by atoms with Crippen molar-refractivity contribution in [3.63, 3.8) is 0 Å². The number of nitrogens with zero attached hydrogens (tertiary/aromatic N) is 2. The van der Waals surface area contributed by atoms with E-state index in [0.717, 1.165) is 11.3 Å². The van der Waals surface area contributed by atoms with E-state index in [1.54, 1.807) is 13.4 Å². The van der Waals surface area contributed by atoms with Crippen molar-refractivity contribution in [3.05, 3.63) is 23.7 Å². The maximum atomic E-state index is 5.44. The van der Waals surface area contributed by atoms with Gasteiger partial charge in [0.1, 0.15) is 5.76 Å². The van der Waals surface area contributed by atoms with Crippen LogP contribution in [-0.2, 0) is 11.3 Å². The van der Waals surface area contributed by atoms with Gasteiger partial charge < -0.3 is 14.1 Å². The highest BCUT2D eigenvalue weighted by molar-refractivity contribution is 5.79. The Hall–Kier alpha value is -1.53. The van der Waals surface area contributed by atoms with E-state index in [0.29, 0.717) is 25.7 Å². The van der Waals surface area contributed by atoms with Gasteiger partial charge in [0.15, 0.2) is 0 Å². The number of aryl methyl sites for hydroxylation is 1. The fourth-order valence-corrected chi connectivity index (χ4v) is 1.43. The van der Waals surface area contributed by atoms with E-state index in [1.165, 1.54) is 0 Å². The van der Waals surface area contributed by atoms with Crippen LogP contribution in [-0.4, -0.2) is 38.2 Å². The van der Waals surface area contributed by atoms with Gasteiger partial charge >= 0.3 is 0 Å². The zero-order valence-electron chi connectivity index (χ0n) is 10.6. The molecule has 0 fully saturated rings. The molecule has 0 aromatic carbocycles. The number of hydrogen-bond donors (Lipinski definition) is 2. The van der Waals surface area contributed by atoms with Gasteiger partial charge in [0.25, 0.3) is 0 Å². The molecule has 3 N–H and O–H groups in total. The molecular weight excluding hydrogens is 220 g/mol. The van der Waals surface area contributed by atoms with Crippen molar-refractivity contribution < 1.29 is 9.15 Å². The molecule has 1 heterocycles. The second kappa shape index (κ2) is 6.93. The van der Waals surface area contributed by atoms with Gasteiger partial charge in [-0.1, -0.05) is 0 Å². The zero-order chi connectivity index (χ0) is 12.7. The van der Waals surface area contributed by atoms with Crippen LogP contribution in [0.25, 0.3) is 0 Å². The van der Waals surface area contributed by atoms with Crippen LogP contribution in [0.4, 0.5) is 0 Å². The quantitative estimate of drug-likeness (QED) is 0.257. The van der Waals surface area contributed by atoms with Gasteiger partial charge in [-0.05, 0) is 13.0 Å². The smallest absolute Gasteiger partial charge is 0.208 e. The fraction of sp³-hybridized carbons (Fsp3) is 0.545. The van der Waals surface area contributed by atoms with Gasteiger partial charge in [-0.2, -0.15) is 0 Å². The number of nitrogens with one attached hydrogen (secondary N) is 1. The summed E-state index contributed by atoms with van der Waals surface area (Å²) in [4.78, 5) is 6.22. The predicted molar refractivity (Wildman–Crippen MR) is 66.4 cm³/mol. The molecule has 0 saturated heterocycles. The Morgan fingerprint density at radius 2 is 2.41 bits per heavy atom. The Kier molecular flexibility index (Phi) is 5.51. The highest BCUT2D eigenvalue weighted by Crippen LogP contribution is 2.10. The Labute approximate surface area is 101 Å². The number of methoxy groups -OCH3 is 1. The molecule has 17 heavy (non-hydrogen) atoms. The molecule has 6 nitrogen and oxygen atoms in total. The summed E-state index contributed by atoms with van der Waals surface area (Å²) < 4.78 is 10.2. The molecule has 0 amide bonds. The molecule has 0 spiro atoms. The maximum absolute atomic E-state index is 5.44. The Morgan fingerprint density at radius 1 is 1.65 bits per heavy atom. The lowest BCUT2D eigenvalue weighted by atomic mass is 10.2. The monoisotopic (exact) mass is 240 g/mol. The first kappa shape index (κ1) is 13.5. The topological polar surface area (TPSA) is 76.0 Å². The molecule has 0 aliphatic carbocycles. The molecule has 6 heteroatoms. The summed E-state index contributed by atoms with van der Waals surface area (Å²) in [7, 11) is 3.56. The molecular formula is C11H20N4O2. The average Bonchev–Trinajstić information content (AvgIpc) is 2.70. The largest absolute Gasteiger partial charge is 0.469 e. The second-order valence-corrected chi connectivity index (χ2v) is 3.70. The van der Waals surface area contributed by atoms with Crippen molar-refractivity contribution in [2.24, 2.45) is 10.8 Å². The maximum Gasteiger partial charge on any atom is 0.208 e. The van der Waals surface area contributed by atoms with Crippen LogP contribution < -0.4 is 11.3 Å². The van der Waals surface area contributed by atoms with Crippen LogP contribution in [0.15, 0.2) is 21.7 Å². The lowest BCUT2D eigenvalue weighted by Gasteiger charge is -2.20. The van der Waals surface area contributed by atoms with E-state index in [9.17, 15) is 0 Å². The Morgan fingerprint density at radius 3 is 2.94 bits per heavy atom. The van der Waals surface area contributed by atoms with Crippen LogP contribution in [0.5, 0.6) is 0 Å². The Bertz CT molecular complexity index is 362. The van der Waals surface area contributed by atoms with Crippen LogP contribution in [0, 0.1) is 6.92 Å². The molecule has 0 atom stereocenters. The van der Waals surface area contributed by atoms with E-state index in [2.05, 4.69) is 10.4 Å². The zero-order valence-corrected chi connectivity index (χ0v) is 10.6. The number of guanidine groups is 1. The van der Waals surface area contributed by atoms with Crippen molar-refractivity contribution in [2.75, 3.05) is 27.3 Å². The summed E-state index contributed by atoms with van der Waals surface area (Å²) >= 11 is 0. The minimum Gasteiger partial charge on any atom is -0.469 e. The van der Waals surface area contributed by atoms with Crippen molar-refractivity contribution in [1.29, 1.82) is 0 Å². The van der Waals surface area contributed by atoms with E-state index < -0.39 is 0 Å². The first-order chi connectivity index (χ1) is 8.19. The lowest BCUT2D eigenvalue weighted by molar-refractivity contribution is 0.207. The van der Waals surface area contributed by atoms with Crippen molar-refractivity contribution in [1.82, 2.24) is 10.3 Å². The number of nitrogens with two attached hydrogens (primary N) is 1. The molecule has 96 valence electrons. The minimum absolute atomic E-state index is 0.573. The van der Waals surface area contributed by atoms with Gasteiger partial charge in [0.2, 0.25) is 5.96 Å². The van der Waals surface area contributed by atoms with E-state index in [1.807, 2.05) is 24.9 Å². The molecule has 0 radical (unpaired) electrons. The highest BCUT2D eigenvalue weighted by Gasteiger charge is 2.08. The molecule has 0 unspecified atom stereocenters. The fourth-order valence-electron chi connectivity index (χ4n) is 1.43. The number of ether oxygens (including phenoxy) is 1. The van der Waals surface area contributed by atoms with Gasteiger partial charge in [-0.15, -0.1) is 0 Å². The summed E-state index contributed by atoms with van der Waals surface area (Å²) in [5.74, 6) is 6.97. The number of hydrogen-bond acceptors (Lipinski definition) is 4. The normalized spacial score (nSPS) is 11.6. The molecule has 0 aliphatic heterocycles. The van der Waals surface area contributed by atoms with E-state index in [4.69, 9.17) is 15.0 Å². The molecule has 0 bridgehead atoms. The summed E-state index contributed by atoms with van der Waals surface area (Å²) in [6.07, 6.45) is 1.68. The third-order valence-corrected chi connectivity index (χ3v) is 2.42. The van der Waals surface area contributed by atoms with Gasteiger partial charge in [-0.3, -0.25) is 5.43 Å². The highest BCUT2D eigenvalue weighted by atomic mass is 16.5. The van der Waals surface area contributed by atoms with Crippen LogP contribution in [0.3, 0.4) is 0 Å². The van der Waals surface area contributed by atoms with Crippen molar-refractivity contribution >= 4 is 5.96 Å². The van der Waals surface area contributed by atoms with E-state index in [-0.39, 0.29) is 0 Å². The molecule has 1 aromatic rings. The second-order valence-electron chi connectivity index (χ2n) is 3.70. The molecule has 0 saturated carbocycles. The summed E-state index contributed by atoms with van der Waals surface area (Å²) in [5, 5.41) is 0.